The van der Waals surface area contributed by atoms with Crippen LogP contribution in [-0.4, -0.2) is 42.3 Å². The van der Waals surface area contributed by atoms with E-state index in [2.05, 4.69) is 72.5 Å². The Bertz CT molecular complexity index is 1860. The standard InChI is InChI=1S/C43H45N3O5/c1-4-25-46(3)28-40-30(2)41(34-15-13-31(29-47)14-16-34)51-42(50-40)35-19-17-33(18-20-35)36-10-8-9-32(26-36)27-44-43(48)45-37-21-23-39(24-22-37)49-38-11-6-5-7-12-38/h4-24,26,30,40-42,47H,1,25,27-29H2,2-3H3,(H2,44,45,48)/t30-,40+,41+,42+/m0/s1. The predicted octanol–water partition coefficient (Wildman–Crippen LogP) is 8.87. The van der Waals surface area contributed by atoms with Gasteiger partial charge in [0.05, 0.1) is 18.8 Å². The first-order valence-corrected chi connectivity index (χ1v) is 17.3. The molecule has 1 aliphatic heterocycles. The smallest absolute Gasteiger partial charge is 0.319 e. The van der Waals surface area contributed by atoms with E-state index in [1.165, 1.54) is 0 Å². The lowest BCUT2D eigenvalue weighted by Gasteiger charge is -2.42. The number of ether oxygens (including phenoxy) is 3. The van der Waals surface area contributed by atoms with Gasteiger partial charge < -0.3 is 34.9 Å². The van der Waals surface area contributed by atoms with Crippen molar-refractivity contribution < 1.29 is 24.1 Å². The van der Waals surface area contributed by atoms with Crippen LogP contribution in [0.4, 0.5) is 10.5 Å². The minimum atomic E-state index is -0.540. The van der Waals surface area contributed by atoms with Crippen LogP contribution in [0.2, 0.25) is 0 Å². The zero-order chi connectivity index (χ0) is 35.6. The molecule has 262 valence electrons. The minimum Gasteiger partial charge on any atom is -0.457 e. The number of nitrogens with zero attached hydrogens (tertiary/aromatic N) is 1. The van der Waals surface area contributed by atoms with E-state index in [9.17, 15) is 9.90 Å². The highest BCUT2D eigenvalue weighted by Gasteiger charge is 2.38. The molecule has 0 spiro atoms. The highest BCUT2D eigenvalue weighted by Crippen LogP contribution is 2.42. The number of amides is 2. The number of hydrogen-bond donors (Lipinski definition) is 3. The van der Waals surface area contributed by atoms with Crippen molar-refractivity contribution in [2.24, 2.45) is 5.92 Å². The summed E-state index contributed by atoms with van der Waals surface area (Å²) >= 11 is 0. The summed E-state index contributed by atoms with van der Waals surface area (Å²) in [5.41, 5.74) is 6.61. The lowest BCUT2D eigenvalue weighted by atomic mass is 9.90. The van der Waals surface area contributed by atoms with Crippen LogP contribution in [0.5, 0.6) is 11.5 Å². The molecule has 5 aromatic rings. The summed E-state index contributed by atoms with van der Waals surface area (Å²) < 4.78 is 19.1. The molecule has 2 amide bonds. The van der Waals surface area contributed by atoms with Crippen LogP contribution >= 0.6 is 0 Å². The molecule has 0 aromatic heterocycles. The van der Waals surface area contributed by atoms with E-state index in [-0.39, 0.29) is 30.8 Å². The van der Waals surface area contributed by atoms with Crippen LogP contribution in [0, 0.1) is 5.92 Å². The molecule has 0 aliphatic carbocycles. The van der Waals surface area contributed by atoms with E-state index >= 15 is 0 Å². The highest BCUT2D eigenvalue weighted by molar-refractivity contribution is 5.89. The Balaban J connectivity index is 1.08. The molecule has 0 unspecified atom stereocenters. The van der Waals surface area contributed by atoms with Gasteiger partial charge in [-0.1, -0.05) is 97.9 Å². The second-order valence-corrected chi connectivity index (χ2v) is 12.9. The maximum atomic E-state index is 12.7. The maximum Gasteiger partial charge on any atom is 0.319 e. The van der Waals surface area contributed by atoms with Crippen molar-refractivity contribution in [2.75, 3.05) is 25.5 Å². The number of likely N-dealkylation sites (N-methyl/N-ethyl adjacent to an activating group) is 1. The summed E-state index contributed by atoms with van der Waals surface area (Å²) in [5, 5.41) is 15.4. The molecule has 1 fully saturated rings. The van der Waals surface area contributed by atoms with Crippen molar-refractivity contribution in [3.63, 3.8) is 0 Å². The Labute approximate surface area is 300 Å². The fraction of sp³-hybridized carbons (Fsp3) is 0.233. The first-order chi connectivity index (χ1) is 24.9. The van der Waals surface area contributed by atoms with Gasteiger partial charge in [-0.05, 0) is 77.3 Å². The van der Waals surface area contributed by atoms with Crippen LogP contribution in [0.25, 0.3) is 11.1 Å². The molecule has 8 nitrogen and oxygen atoms in total. The van der Waals surface area contributed by atoms with Crippen LogP contribution in [-0.2, 0) is 22.6 Å². The first-order valence-electron chi connectivity index (χ1n) is 17.3. The van der Waals surface area contributed by atoms with Gasteiger partial charge in [0, 0.05) is 36.8 Å². The second kappa shape index (κ2) is 17.1. The number of hydrogen-bond acceptors (Lipinski definition) is 6. The number of rotatable bonds is 13. The summed E-state index contributed by atoms with van der Waals surface area (Å²) in [7, 11) is 2.07. The number of carbonyl (C=O) groups is 1. The Kier molecular flexibility index (Phi) is 11.9. The molecule has 6 rings (SSSR count). The van der Waals surface area contributed by atoms with Crippen LogP contribution < -0.4 is 15.4 Å². The van der Waals surface area contributed by atoms with Crippen molar-refractivity contribution in [3.8, 4) is 22.6 Å². The second-order valence-electron chi connectivity index (χ2n) is 12.9. The normalized spacial score (nSPS) is 18.6. The van der Waals surface area contributed by atoms with Gasteiger partial charge >= 0.3 is 6.03 Å². The summed E-state index contributed by atoms with van der Waals surface area (Å²) in [5.74, 6) is 1.55. The quantitative estimate of drug-likeness (QED) is 0.107. The van der Waals surface area contributed by atoms with Crippen molar-refractivity contribution >= 4 is 11.7 Å². The van der Waals surface area contributed by atoms with Gasteiger partial charge in [-0.25, -0.2) is 4.79 Å². The molecule has 3 N–H and O–H groups in total. The molecule has 0 saturated carbocycles. The summed E-state index contributed by atoms with van der Waals surface area (Å²) in [6.45, 7) is 7.94. The zero-order valence-electron chi connectivity index (χ0n) is 29.1. The SMILES string of the molecule is C=CCN(C)C[C@H]1O[C@@H](c2ccc(-c3cccc(CNC(=O)Nc4ccc(Oc5ccccc5)cc4)c3)cc2)O[C@@H](c2ccc(CO)cc2)[C@H]1C. The fourth-order valence-corrected chi connectivity index (χ4v) is 6.21. The van der Waals surface area contributed by atoms with Crippen LogP contribution in [0.1, 0.15) is 41.6 Å². The Morgan fingerprint density at radius 1 is 0.824 bits per heavy atom. The van der Waals surface area contributed by atoms with Gasteiger partial charge in [0.15, 0.2) is 6.29 Å². The van der Waals surface area contributed by atoms with Gasteiger partial charge in [-0.3, -0.25) is 0 Å². The molecule has 51 heavy (non-hydrogen) atoms. The number of carbonyl (C=O) groups excluding carboxylic acids is 1. The van der Waals surface area contributed by atoms with E-state index in [0.717, 1.165) is 52.2 Å². The van der Waals surface area contributed by atoms with Gasteiger partial charge in [0.1, 0.15) is 11.5 Å². The highest BCUT2D eigenvalue weighted by atomic mass is 16.7. The Morgan fingerprint density at radius 3 is 2.24 bits per heavy atom. The number of aliphatic hydroxyl groups excluding tert-OH is 1. The molecule has 8 heteroatoms. The summed E-state index contributed by atoms with van der Waals surface area (Å²) in [4.78, 5) is 14.9. The molecule has 0 radical (unpaired) electrons. The fourth-order valence-electron chi connectivity index (χ4n) is 6.21. The summed E-state index contributed by atoms with van der Waals surface area (Å²) in [6.07, 6.45) is 1.12. The van der Waals surface area contributed by atoms with E-state index < -0.39 is 6.29 Å². The molecular weight excluding hydrogens is 638 g/mol. The average molecular weight is 684 g/mol. The van der Waals surface area contributed by atoms with E-state index in [1.807, 2.05) is 97.1 Å². The number of aliphatic hydroxyl groups is 1. The number of benzene rings is 5. The monoisotopic (exact) mass is 683 g/mol. The lowest BCUT2D eigenvalue weighted by Crippen LogP contribution is -2.43. The lowest BCUT2D eigenvalue weighted by molar-refractivity contribution is -0.275. The third kappa shape index (κ3) is 9.51. The predicted molar refractivity (Wildman–Crippen MR) is 201 cm³/mol. The van der Waals surface area contributed by atoms with Gasteiger partial charge in [-0.15, -0.1) is 6.58 Å². The number of nitrogens with one attached hydrogen (secondary N) is 2. The van der Waals surface area contributed by atoms with Crippen molar-refractivity contribution in [1.82, 2.24) is 10.2 Å². The van der Waals surface area contributed by atoms with Gasteiger partial charge in [0.2, 0.25) is 0 Å². The molecule has 0 bridgehead atoms. The van der Waals surface area contributed by atoms with Gasteiger partial charge in [-0.2, -0.15) is 0 Å². The molecule has 1 aliphatic rings. The van der Waals surface area contributed by atoms with Crippen molar-refractivity contribution in [2.45, 2.75) is 38.6 Å². The first kappa shape index (κ1) is 35.6. The van der Waals surface area contributed by atoms with Gasteiger partial charge in [0.25, 0.3) is 0 Å². The molecule has 1 saturated heterocycles. The third-order valence-corrected chi connectivity index (χ3v) is 9.04. The minimum absolute atomic E-state index is 0.00474. The molecule has 1 heterocycles. The Hall–Kier alpha value is -5.25. The van der Waals surface area contributed by atoms with Crippen molar-refractivity contribution in [1.29, 1.82) is 0 Å². The average Bonchev–Trinajstić information content (AvgIpc) is 3.16. The maximum absolute atomic E-state index is 12.7. The molecule has 5 aromatic carbocycles. The summed E-state index contributed by atoms with van der Waals surface area (Å²) in [6, 6.07) is 40.9. The Morgan fingerprint density at radius 2 is 1.53 bits per heavy atom. The van der Waals surface area contributed by atoms with Crippen LogP contribution in [0.15, 0.2) is 140 Å². The van der Waals surface area contributed by atoms with E-state index in [4.69, 9.17) is 14.2 Å². The number of urea groups is 1. The molecule has 4 atom stereocenters. The van der Waals surface area contributed by atoms with Crippen LogP contribution in [0.3, 0.4) is 0 Å². The zero-order valence-corrected chi connectivity index (χ0v) is 29.1. The third-order valence-electron chi connectivity index (χ3n) is 9.04. The largest absolute Gasteiger partial charge is 0.457 e. The van der Waals surface area contributed by atoms with E-state index in [1.54, 1.807) is 0 Å². The topological polar surface area (TPSA) is 92.3 Å². The number of para-hydroxylation sites is 1. The molecular formula is C43H45N3O5. The number of anilines is 1. The van der Waals surface area contributed by atoms with E-state index in [0.29, 0.717) is 18.0 Å². The van der Waals surface area contributed by atoms with Crippen molar-refractivity contribution in [3.05, 3.63) is 162 Å².